The standard InChI is InChI=1S/C9H9NO3/c1-10-9(11)7-4-3-6(12-2)5-8(7)13-10/h3-5H,1-2H3. The van der Waals surface area contributed by atoms with Gasteiger partial charge in [0.05, 0.1) is 12.5 Å². The van der Waals surface area contributed by atoms with Crippen molar-refractivity contribution in [2.45, 2.75) is 0 Å². The Labute approximate surface area is 74.3 Å². The molecule has 1 aromatic carbocycles. The number of aryl methyl sites for hydroxylation is 1. The lowest BCUT2D eigenvalue weighted by molar-refractivity contribution is 0.323. The topological polar surface area (TPSA) is 44.4 Å². The SMILES string of the molecule is COc1ccc2c(=O)n(C)oc2c1. The number of nitrogens with zero attached hydrogens (tertiary/aromatic N) is 1. The summed E-state index contributed by atoms with van der Waals surface area (Å²) in [6.07, 6.45) is 0. The summed E-state index contributed by atoms with van der Waals surface area (Å²) in [7, 11) is 3.15. The fourth-order valence-electron chi connectivity index (χ4n) is 1.24. The lowest BCUT2D eigenvalue weighted by Crippen LogP contribution is -2.08. The summed E-state index contributed by atoms with van der Waals surface area (Å²) in [5, 5.41) is 0.573. The van der Waals surface area contributed by atoms with Crippen LogP contribution in [0.3, 0.4) is 0 Å². The first-order valence-electron chi connectivity index (χ1n) is 3.86. The first-order valence-corrected chi connectivity index (χ1v) is 3.86. The molecule has 68 valence electrons. The van der Waals surface area contributed by atoms with Crippen molar-refractivity contribution in [1.82, 2.24) is 4.74 Å². The van der Waals surface area contributed by atoms with E-state index in [1.807, 2.05) is 0 Å². The first kappa shape index (κ1) is 7.91. The van der Waals surface area contributed by atoms with Gasteiger partial charge in [0.25, 0.3) is 5.56 Å². The minimum Gasteiger partial charge on any atom is -0.497 e. The van der Waals surface area contributed by atoms with Crippen LogP contribution >= 0.6 is 0 Å². The molecule has 13 heavy (non-hydrogen) atoms. The van der Waals surface area contributed by atoms with Crippen LogP contribution in [0.4, 0.5) is 0 Å². The van der Waals surface area contributed by atoms with Crippen LogP contribution in [0.15, 0.2) is 27.5 Å². The molecule has 0 amide bonds. The van der Waals surface area contributed by atoms with Crippen LogP contribution in [0.2, 0.25) is 0 Å². The highest BCUT2D eigenvalue weighted by Gasteiger charge is 2.06. The zero-order valence-electron chi connectivity index (χ0n) is 7.40. The lowest BCUT2D eigenvalue weighted by Gasteiger charge is -1.95. The quantitative estimate of drug-likeness (QED) is 0.659. The Kier molecular flexibility index (Phi) is 1.62. The van der Waals surface area contributed by atoms with Crippen molar-refractivity contribution < 1.29 is 9.26 Å². The van der Waals surface area contributed by atoms with E-state index in [2.05, 4.69) is 0 Å². The second-order valence-corrected chi connectivity index (χ2v) is 2.76. The molecule has 0 radical (unpaired) electrons. The molecule has 0 aliphatic carbocycles. The summed E-state index contributed by atoms with van der Waals surface area (Å²) >= 11 is 0. The predicted octanol–water partition coefficient (Wildman–Crippen LogP) is 1.14. The van der Waals surface area contributed by atoms with Crippen LogP contribution in [-0.2, 0) is 7.05 Å². The summed E-state index contributed by atoms with van der Waals surface area (Å²) in [5.41, 5.74) is 0.421. The number of fused-ring (bicyclic) bond motifs is 1. The average molecular weight is 179 g/mol. The monoisotopic (exact) mass is 179 g/mol. The number of aromatic nitrogens is 1. The van der Waals surface area contributed by atoms with Crippen molar-refractivity contribution in [2.75, 3.05) is 7.11 Å². The predicted molar refractivity (Wildman–Crippen MR) is 48.0 cm³/mol. The van der Waals surface area contributed by atoms with Crippen molar-refractivity contribution in [3.05, 3.63) is 28.6 Å². The molecular formula is C9H9NO3. The Balaban J connectivity index is 2.80. The number of hydrogen-bond donors (Lipinski definition) is 0. The molecule has 1 heterocycles. The number of hydrogen-bond acceptors (Lipinski definition) is 3. The molecule has 0 saturated carbocycles. The van der Waals surface area contributed by atoms with Crippen LogP contribution in [0.25, 0.3) is 11.0 Å². The number of benzene rings is 1. The zero-order valence-corrected chi connectivity index (χ0v) is 7.40. The minimum atomic E-state index is -0.127. The molecule has 2 aromatic rings. The molecule has 0 aliphatic heterocycles. The second-order valence-electron chi connectivity index (χ2n) is 2.76. The third kappa shape index (κ3) is 1.11. The van der Waals surface area contributed by atoms with Crippen molar-refractivity contribution in [3.8, 4) is 5.75 Å². The van der Waals surface area contributed by atoms with Gasteiger partial charge in [0, 0.05) is 13.1 Å². The fraction of sp³-hybridized carbons (Fsp3) is 0.222. The molecule has 0 atom stereocenters. The Bertz CT molecular complexity index is 495. The van der Waals surface area contributed by atoms with Crippen molar-refractivity contribution in [3.63, 3.8) is 0 Å². The van der Waals surface area contributed by atoms with Gasteiger partial charge >= 0.3 is 0 Å². The van der Waals surface area contributed by atoms with E-state index in [0.29, 0.717) is 16.7 Å². The molecule has 4 heteroatoms. The van der Waals surface area contributed by atoms with Crippen LogP contribution in [-0.4, -0.2) is 11.8 Å². The molecule has 0 fully saturated rings. The van der Waals surface area contributed by atoms with Crippen molar-refractivity contribution in [1.29, 1.82) is 0 Å². The molecule has 0 bridgehead atoms. The Morgan fingerprint density at radius 2 is 2.23 bits per heavy atom. The van der Waals surface area contributed by atoms with Gasteiger partial charge in [0.15, 0.2) is 5.58 Å². The van der Waals surface area contributed by atoms with Gasteiger partial charge in [-0.15, -0.1) is 0 Å². The molecule has 0 N–H and O–H groups in total. The van der Waals surface area contributed by atoms with Gasteiger partial charge in [-0.2, -0.15) is 4.74 Å². The zero-order chi connectivity index (χ0) is 9.42. The molecule has 0 aliphatic rings. The third-order valence-corrected chi connectivity index (χ3v) is 1.94. The van der Waals surface area contributed by atoms with E-state index in [9.17, 15) is 4.79 Å². The minimum absolute atomic E-state index is 0.127. The number of methoxy groups -OCH3 is 1. The maximum Gasteiger partial charge on any atom is 0.290 e. The number of rotatable bonds is 1. The van der Waals surface area contributed by atoms with Crippen LogP contribution in [0.1, 0.15) is 0 Å². The largest absolute Gasteiger partial charge is 0.497 e. The van der Waals surface area contributed by atoms with Crippen molar-refractivity contribution >= 4 is 11.0 Å². The van der Waals surface area contributed by atoms with Gasteiger partial charge in [-0.1, -0.05) is 0 Å². The van der Waals surface area contributed by atoms with E-state index in [4.69, 9.17) is 9.26 Å². The smallest absolute Gasteiger partial charge is 0.290 e. The van der Waals surface area contributed by atoms with Gasteiger partial charge < -0.3 is 9.26 Å². The maximum atomic E-state index is 11.4. The van der Waals surface area contributed by atoms with E-state index >= 15 is 0 Å². The third-order valence-electron chi connectivity index (χ3n) is 1.94. The fourth-order valence-corrected chi connectivity index (χ4v) is 1.24. The highest BCUT2D eigenvalue weighted by atomic mass is 16.5. The molecule has 0 unspecified atom stereocenters. The Morgan fingerprint density at radius 1 is 1.46 bits per heavy atom. The normalized spacial score (nSPS) is 10.6. The van der Waals surface area contributed by atoms with Gasteiger partial charge in [-0.3, -0.25) is 4.79 Å². The highest BCUT2D eigenvalue weighted by Crippen LogP contribution is 2.17. The second kappa shape index (κ2) is 2.65. The molecular weight excluding hydrogens is 170 g/mol. The average Bonchev–Trinajstić information content (AvgIpc) is 2.42. The Morgan fingerprint density at radius 3 is 2.92 bits per heavy atom. The molecule has 0 spiro atoms. The van der Waals surface area contributed by atoms with E-state index in [1.54, 1.807) is 32.4 Å². The van der Waals surface area contributed by atoms with E-state index in [1.165, 1.54) is 4.74 Å². The maximum absolute atomic E-state index is 11.4. The molecule has 4 nitrogen and oxygen atoms in total. The molecule has 1 aromatic heterocycles. The summed E-state index contributed by atoms with van der Waals surface area (Å²) in [6, 6.07) is 5.12. The summed E-state index contributed by atoms with van der Waals surface area (Å²) in [5.74, 6) is 0.682. The van der Waals surface area contributed by atoms with Crippen LogP contribution in [0.5, 0.6) is 5.75 Å². The van der Waals surface area contributed by atoms with Gasteiger partial charge in [0.1, 0.15) is 5.75 Å². The molecule has 0 saturated heterocycles. The summed E-state index contributed by atoms with van der Waals surface area (Å²) in [4.78, 5) is 11.4. The van der Waals surface area contributed by atoms with Crippen LogP contribution < -0.4 is 10.3 Å². The Hall–Kier alpha value is -1.71. The van der Waals surface area contributed by atoms with E-state index in [-0.39, 0.29) is 5.56 Å². The van der Waals surface area contributed by atoms with Gasteiger partial charge in [-0.05, 0) is 12.1 Å². The summed E-state index contributed by atoms with van der Waals surface area (Å²) < 4.78 is 11.4. The molecule has 2 rings (SSSR count). The van der Waals surface area contributed by atoms with Crippen molar-refractivity contribution in [2.24, 2.45) is 7.05 Å². The highest BCUT2D eigenvalue weighted by molar-refractivity contribution is 5.77. The lowest BCUT2D eigenvalue weighted by atomic mass is 10.2. The van der Waals surface area contributed by atoms with Gasteiger partial charge in [0.2, 0.25) is 0 Å². The van der Waals surface area contributed by atoms with E-state index in [0.717, 1.165) is 0 Å². The summed E-state index contributed by atoms with van der Waals surface area (Å²) in [6.45, 7) is 0. The number of ether oxygens (including phenoxy) is 1. The van der Waals surface area contributed by atoms with E-state index < -0.39 is 0 Å². The van der Waals surface area contributed by atoms with Crippen LogP contribution in [0, 0.1) is 0 Å². The van der Waals surface area contributed by atoms with Gasteiger partial charge in [-0.25, -0.2) is 0 Å². The first-order chi connectivity index (χ1) is 6.22.